The number of hydrogen-bond acceptors (Lipinski definition) is 3. The third kappa shape index (κ3) is 2.25. The van der Waals surface area contributed by atoms with E-state index in [0.717, 1.165) is 12.0 Å². The first kappa shape index (κ1) is 11.9. The molecule has 0 amide bonds. The third-order valence-electron chi connectivity index (χ3n) is 5.12. The van der Waals surface area contributed by atoms with Gasteiger partial charge in [-0.25, -0.2) is 0 Å². The molecule has 0 radical (unpaired) electrons. The Kier molecular flexibility index (Phi) is 3.69. The molecule has 2 aliphatic heterocycles. The van der Waals surface area contributed by atoms with E-state index in [1.807, 2.05) is 7.11 Å². The highest BCUT2D eigenvalue weighted by Gasteiger charge is 2.41. The summed E-state index contributed by atoms with van der Waals surface area (Å²) in [7, 11) is 1.90. The van der Waals surface area contributed by atoms with Crippen LogP contribution in [-0.2, 0) is 4.74 Å². The van der Waals surface area contributed by atoms with E-state index in [0.29, 0.717) is 12.1 Å². The highest BCUT2D eigenvalue weighted by atomic mass is 16.5. The molecule has 2 heterocycles. The summed E-state index contributed by atoms with van der Waals surface area (Å²) in [6, 6.07) is 1.49. The van der Waals surface area contributed by atoms with Gasteiger partial charge < -0.3 is 10.1 Å². The van der Waals surface area contributed by atoms with Crippen molar-refractivity contribution in [2.75, 3.05) is 26.7 Å². The molecule has 3 rings (SSSR count). The van der Waals surface area contributed by atoms with Crippen LogP contribution in [0.3, 0.4) is 0 Å². The van der Waals surface area contributed by atoms with Crippen LogP contribution < -0.4 is 5.32 Å². The molecule has 98 valence electrons. The monoisotopic (exact) mass is 238 g/mol. The lowest BCUT2D eigenvalue weighted by Crippen LogP contribution is -2.55. The summed E-state index contributed by atoms with van der Waals surface area (Å²) < 4.78 is 5.74. The second-order valence-electron chi connectivity index (χ2n) is 5.99. The number of nitrogens with zero attached hydrogens (tertiary/aromatic N) is 1. The molecule has 1 N–H and O–H groups in total. The fourth-order valence-electron chi connectivity index (χ4n) is 4.25. The summed E-state index contributed by atoms with van der Waals surface area (Å²) in [6.45, 7) is 3.75. The van der Waals surface area contributed by atoms with Gasteiger partial charge in [0.15, 0.2) is 0 Å². The van der Waals surface area contributed by atoms with E-state index in [1.54, 1.807) is 0 Å². The molecule has 2 saturated heterocycles. The van der Waals surface area contributed by atoms with Gasteiger partial charge in [-0.15, -0.1) is 0 Å². The lowest BCUT2D eigenvalue weighted by atomic mass is 9.85. The summed E-state index contributed by atoms with van der Waals surface area (Å²) in [6.07, 6.45) is 8.67. The third-order valence-corrected chi connectivity index (χ3v) is 5.12. The van der Waals surface area contributed by atoms with Crippen molar-refractivity contribution < 1.29 is 4.74 Å². The first-order valence-corrected chi connectivity index (χ1v) is 7.39. The minimum atomic E-state index is 0.489. The number of methoxy groups -OCH3 is 1. The van der Waals surface area contributed by atoms with E-state index >= 15 is 0 Å². The van der Waals surface area contributed by atoms with E-state index in [2.05, 4.69) is 10.2 Å². The van der Waals surface area contributed by atoms with Gasteiger partial charge in [0, 0.05) is 25.7 Å². The van der Waals surface area contributed by atoms with E-state index in [4.69, 9.17) is 4.74 Å². The molecule has 0 aromatic heterocycles. The van der Waals surface area contributed by atoms with Gasteiger partial charge in [-0.3, -0.25) is 4.90 Å². The highest BCUT2D eigenvalue weighted by molar-refractivity contribution is 4.97. The Balaban J connectivity index is 1.72. The standard InChI is InChI=1S/C14H26N2O/c1-17-14-7-3-2-6-12(14)16-8-4-5-11-9-15-10-13(11)16/h11-15H,2-10H2,1H3. The van der Waals surface area contributed by atoms with Crippen LogP contribution in [0, 0.1) is 5.92 Å². The minimum Gasteiger partial charge on any atom is -0.380 e. The highest BCUT2D eigenvalue weighted by Crippen LogP contribution is 2.33. The van der Waals surface area contributed by atoms with Crippen molar-refractivity contribution in [2.24, 2.45) is 5.92 Å². The zero-order valence-corrected chi connectivity index (χ0v) is 11.0. The maximum absolute atomic E-state index is 5.74. The number of nitrogens with one attached hydrogen (secondary N) is 1. The molecule has 0 spiro atoms. The second kappa shape index (κ2) is 5.25. The topological polar surface area (TPSA) is 24.5 Å². The molecule has 0 aromatic carbocycles. The molecule has 3 heteroatoms. The van der Waals surface area contributed by atoms with Crippen molar-refractivity contribution in [1.82, 2.24) is 10.2 Å². The molecule has 3 nitrogen and oxygen atoms in total. The zero-order valence-electron chi connectivity index (χ0n) is 11.0. The van der Waals surface area contributed by atoms with Crippen molar-refractivity contribution in [3.05, 3.63) is 0 Å². The first-order chi connectivity index (χ1) is 8.40. The normalized spacial score (nSPS) is 43.6. The van der Waals surface area contributed by atoms with Gasteiger partial charge in [0.2, 0.25) is 0 Å². The maximum atomic E-state index is 5.74. The molecule has 0 bridgehead atoms. The summed E-state index contributed by atoms with van der Waals surface area (Å²) >= 11 is 0. The fraction of sp³-hybridized carbons (Fsp3) is 1.00. The molecule has 1 aliphatic carbocycles. The summed E-state index contributed by atoms with van der Waals surface area (Å²) in [4.78, 5) is 2.79. The molecule has 17 heavy (non-hydrogen) atoms. The van der Waals surface area contributed by atoms with Gasteiger partial charge in [-0.1, -0.05) is 12.8 Å². The zero-order chi connectivity index (χ0) is 11.7. The largest absolute Gasteiger partial charge is 0.380 e. The van der Waals surface area contributed by atoms with Crippen molar-refractivity contribution in [3.63, 3.8) is 0 Å². The molecular weight excluding hydrogens is 212 g/mol. The average molecular weight is 238 g/mol. The Bertz CT molecular complexity index is 259. The number of rotatable bonds is 2. The Morgan fingerprint density at radius 2 is 1.88 bits per heavy atom. The summed E-state index contributed by atoms with van der Waals surface area (Å²) in [5.41, 5.74) is 0. The van der Waals surface area contributed by atoms with Crippen LogP contribution in [0.2, 0.25) is 0 Å². The van der Waals surface area contributed by atoms with E-state index in [-0.39, 0.29) is 0 Å². The lowest BCUT2D eigenvalue weighted by molar-refractivity contribution is -0.0415. The van der Waals surface area contributed by atoms with Gasteiger partial charge in [0.25, 0.3) is 0 Å². The number of hydrogen-bond donors (Lipinski definition) is 1. The minimum absolute atomic E-state index is 0.489. The summed E-state index contributed by atoms with van der Waals surface area (Å²) in [5.74, 6) is 0.906. The smallest absolute Gasteiger partial charge is 0.0726 e. The Hall–Kier alpha value is -0.120. The van der Waals surface area contributed by atoms with E-state index < -0.39 is 0 Å². The van der Waals surface area contributed by atoms with E-state index in [1.165, 1.54) is 58.2 Å². The van der Waals surface area contributed by atoms with Crippen molar-refractivity contribution in [3.8, 4) is 0 Å². The maximum Gasteiger partial charge on any atom is 0.0726 e. The predicted molar refractivity (Wildman–Crippen MR) is 69.1 cm³/mol. The number of fused-ring (bicyclic) bond motifs is 1. The number of ether oxygens (including phenoxy) is 1. The van der Waals surface area contributed by atoms with Crippen LogP contribution in [0.5, 0.6) is 0 Å². The molecule has 4 atom stereocenters. The van der Waals surface area contributed by atoms with Crippen LogP contribution in [0.15, 0.2) is 0 Å². The SMILES string of the molecule is COC1CCCCC1N1CCCC2CNCC21. The molecule has 0 aromatic rings. The van der Waals surface area contributed by atoms with Gasteiger partial charge in [-0.05, 0) is 44.7 Å². The average Bonchev–Trinajstić information content (AvgIpc) is 2.86. The molecule has 4 unspecified atom stereocenters. The van der Waals surface area contributed by atoms with Crippen LogP contribution >= 0.6 is 0 Å². The predicted octanol–water partition coefficient (Wildman–Crippen LogP) is 1.63. The molecule has 1 saturated carbocycles. The van der Waals surface area contributed by atoms with Gasteiger partial charge in [0.05, 0.1) is 6.10 Å². The number of likely N-dealkylation sites (tertiary alicyclic amines) is 1. The van der Waals surface area contributed by atoms with E-state index in [9.17, 15) is 0 Å². The molecular formula is C14H26N2O. The van der Waals surface area contributed by atoms with Gasteiger partial charge >= 0.3 is 0 Å². The van der Waals surface area contributed by atoms with Crippen LogP contribution in [0.4, 0.5) is 0 Å². The van der Waals surface area contributed by atoms with Crippen LogP contribution in [-0.4, -0.2) is 49.8 Å². The Morgan fingerprint density at radius 3 is 2.76 bits per heavy atom. The first-order valence-electron chi connectivity index (χ1n) is 7.39. The molecule has 3 fully saturated rings. The second-order valence-corrected chi connectivity index (χ2v) is 5.99. The quantitative estimate of drug-likeness (QED) is 0.791. The Morgan fingerprint density at radius 1 is 1.00 bits per heavy atom. The fourth-order valence-corrected chi connectivity index (χ4v) is 4.25. The van der Waals surface area contributed by atoms with Crippen LogP contribution in [0.25, 0.3) is 0 Å². The Labute approximate surface area is 105 Å². The van der Waals surface area contributed by atoms with Crippen molar-refractivity contribution in [1.29, 1.82) is 0 Å². The van der Waals surface area contributed by atoms with Crippen molar-refractivity contribution >= 4 is 0 Å². The van der Waals surface area contributed by atoms with Gasteiger partial charge in [-0.2, -0.15) is 0 Å². The van der Waals surface area contributed by atoms with Crippen LogP contribution in [0.1, 0.15) is 38.5 Å². The summed E-state index contributed by atoms with van der Waals surface area (Å²) in [5, 5.41) is 3.58. The van der Waals surface area contributed by atoms with Gasteiger partial charge in [0.1, 0.15) is 0 Å². The lowest BCUT2D eigenvalue weighted by Gasteiger charge is -2.46. The van der Waals surface area contributed by atoms with Crippen molar-refractivity contribution in [2.45, 2.75) is 56.7 Å². The molecule has 3 aliphatic rings. The number of piperidine rings is 1.